The number of amides is 1. The van der Waals surface area contributed by atoms with E-state index in [2.05, 4.69) is 10.6 Å². The molecule has 2 N–H and O–H groups in total. The van der Waals surface area contributed by atoms with E-state index in [1.165, 1.54) is 0 Å². The fraction of sp³-hybridized carbons (Fsp3) is 0.889. The van der Waals surface area contributed by atoms with Crippen LogP contribution in [0.5, 0.6) is 0 Å². The van der Waals surface area contributed by atoms with Crippen LogP contribution >= 0.6 is 0 Å². The number of carbonyl (C=O) groups is 1. The van der Waals surface area contributed by atoms with Gasteiger partial charge in [-0.05, 0) is 26.3 Å². The molecule has 1 amide bonds. The molecule has 1 saturated heterocycles. The van der Waals surface area contributed by atoms with Crippen LogP contribution in [0.2, 0.25) is 0 Å². The molecule has 0 aromatic carbocycles. The van der Waals surface area contributed by atoms with Crippen molar-refractivity contribution in [2.45, 2.75) is 26.2 Å². The van der Waals surface area contributed by atoms with Gasteiger partial charge in [-0.1, -0.05) is 0 Å². The standard InChI is InChI=1S/C9H16F2N2O/c1-9(3-2-4-12-6-9)8(14)13-5-7(10)11/h7,12H,2-6H2,1H3,(H,13,14). The molecule has 3 nitrogen and oxygen atoms in total. The summed E-state index contributed by atoms with van der Waals surface area (Å²) in [4.78, 5) is 11.5. The molecule has 0 saturated carbocycles. The lowest BCUT2D eigenvalue weighted by atomic mass is 9.82. The van der Waals surface area contributed by atoms with Gasteiger partial charge in [-0.15, -0.1) is 0 Å². The highest BCUT2D eigenvalue weighted by molar-refractivity contribution is 5.82. The Bertz CT molecular complexity index is 203. The largest absolute Gasteiger partial charge is 0.350 e. The summed E-state index contributed by atoms with van der Waals surface area (Å²) in [5.41, 5.74) is -0.521. The zero-order valence-corrected chi connectivity index (χ0v) is 8.28. The second kappa shape index (κ2) is 4.68. The van der Waals surface area contributed by atoms with E-state index < -0.39 is 18.4 Å². The SMILES string of the molecule is CC1(C(=O)NCC(F)F)CCCNC1. The molecule has 1 fully saturated rings. The Hall–Kier alpha value is -0.710. The van der Waals surface area contributed by atoms with E-state index in [1.54, 1.807) is 6.92 Å². The van der Waals surface area contributed by atoms with Crippen LogP contribution in [0, 0.1) is 5.41 Å². The van der Waals surface area contributed by atoms with Crippen LogP contribution in [0.15, 0.2) is 0 Å². The van der Waals surface area contributed by atoms with Crippen LogP contribution in [0.25, 0.3) is 0 Å². The van der Waals surface area contributed by atoms with Gasteiger partial charge in [0.15, 0.2) is 0 Å². The first kappa shape index (κ1) is 11.4. The van der Waals surface area contributed by atoms with E-state index in [-0.39, 0.29) is 5.91 Å². The fourth-order valence-corrected chi connectivity index (χ4v) is 1.63. The summed E-state index contributed by atoms with van der Waals surface area (Å²) in [5, 5.41) is 5.36. The number of rotatable bonds is 3. The van der Waals surface area contributed by atoms with Crippen molar-refractivity contribution >= 4 is 5.91 Å². The van der Waals surface area contributed by atoms with E-state index in [4.69, 9.17) is 0 Å². The minimum absolute atomic E-state index is 0.273. The average molecular weight is 206 g/mol. The summed E-state index contributed by atoms with van der Waals surface area (Å²) in [7, 11) is 0. The van der Waals surface area contributed by atoms with Crippen LogP contribution in [-0.2, 0) is 4.79 Å². The van der Waals surface area contributed by atoms with Crippen LogP contribution < -0.4 is 10.6 Å². The third kappa shape index (κ3) is 2.90. The van der Waals surface area contributed by atoms with Crippen LogP contribution in [0.4, 0.5) is 8.78 Å². The number of halogens is 2. The molecule has 1 aliphatic heterocycles. The summed E-state index contributed by atoms with van der Waals surface area (Å²) < 4.78 is 23.7. The van der Waals surface area contributed by atoms with Gasteiger partial charge in [0.25, 0.3) is 6.43 Å². The van der Waals surface area contributed by atoms with E-state index in [9.17, 15) is 13.6 Å². The Kier molecular flexibility index (Phi) is 3.80. The molecule has 0 aromatic heterocycles. The van der Waals surface area contributed by atoms with Crippen LogP contribution in [0.3, 0.4) is 0 Å². The predicted molar refractivity (Wildman–Crippen MR) is 49.2 cm³/mol. The van der Waals surface area contributed by atoms with Gasteiger partial charge < -0.3 is 10.6 Å². The van der Waals surface area contributed by atoms with E-state index in [0.717, 1.165) is 19.4 Å². The zero-order valence-electron chi connectivity index (χ0n) is 8.28. The molecule has 0 bridgehead atoms. The molecule has 1 unspecified atom stereocenters. The number of nitrogens with one attached hydrogen (secondary N) is 2. The monoisotopic (exact) mass is 206 g/mol. The Morgan fingerprint density at radius 3 is 2.86 bits per heavy atom. The molecule has 1 heterocycles. The zero-order chi connectivity index (χ0) is 10.6. The number of alkyl halides is 2. The third-order valence-corrected chi connectivity index (χ3v) is 2.56. The van der Waals surface area contributed by atoms with Crippen molar-refractivity contribution in [3.05, 3.63) is 0 Å². The van der Waals surface area contributed by atoms with Gasteiger partial charge in [-0.2, -0.15) is 0 Å². The average Bonchev–Trinajstić information content (AvgIpc) is 2.15. The summed E-state index contributed by atoms with van der Waals surface area (Å²) in [6, 6.07) is 0. The van der Waals surface area contributed by atoms with Crippen molar-refractivity contribution in [2.75, 3.05) is 19.6 Å². The molecule has 1 aliphatic rings. The van der Waals surface area contributed by atoms with E-state index in [0.29, 0.717) is 6.54 Å². The summed E-state index contributed by atoms with van der Waals surface area (Å²) in [6.07, 6.45) is -0.799. The second-order valence-electron chi connectivity index (χ2n) is 3.94. The topological polar surface area (TPSA) is 41.1 Å². The molecule has 14 heavy (non-hydrogen) atoms. The normalized spacial score (nSPS) is 27.7. The van der Waals surface area contributed by atoms with Gasteiger partial charge in [-0.3, -0.25) is 4.79 Å². The Labute approximate surface area is 82.2 Å². The van der Waals surface area contributed by atoms with E-state index in [1.807, 2.05) is 0 Å². The smallest absolute Gasteiger partial charge is 0.255 e. The Morgan fingerprint density at radius 1 is 1.64 bits per heavy atom. The lowest BCUT2D eigenvalue weighted by Crippen LogP contribution is -2.49. The van der Waals surface area contributed by atoms with Crippen molar-refractivity contribution in [1.29, 1.82) is 0 Å². The number of hydrogen-bond acceptors (Lipinski definition) is 2. The highest BCUT2D eigenvalue weighted by Crippen LogP contribution is 2.25. The van der Waals surface area contributed by atoms with Gasteiger partial charge in [0.2, 0.25) is 5.91 Å². The molecule has 1 atom stereocenters. The maximum absolute atomic E-state index is 11.9. The fourth-order valence-electron chi connectivity index (χ4n) is 1.63. The number of hydrogen-bond donors (Lipinski definition) is 2. The lowest BCUT2D eigenvalue weighted by Gasteiger charge is -2.32. The van der Waals surface area contributed by atoms with Crippen molar-refractivity contribution in [3.8, 4) is 0 Å². The summed E-state index contributed by atoms with van der Waals surface area (Å²) in [5.74, 6) is -0.273. The van der Waals surface area contributed by atoms with Crippen molar-refractivity contribution < 1.29 is 13.6 Å². The highest BCUT2D eigenvalue weighted by atomic mass is 19.3. The maximum atomic E-state index is 11.9. The number of piperidine rings is 1. The first-order valence-electron chi connectivity index (χ1n) is 4.82. The molecule has 1 rings (SSSR count). The molecule has 0 aromatic rings. The van der Waals surface area contributed by atoms with Gasteiger partial charge >= 0.3 is 0 Å². The minimum Gasteiger partial charge on any atom is -0.350 e. The highest BCUT2D eigenvalue weighted by Gasteiger charge is 2.34. The Balaban J connectivity index is 2.41. The third-order valence-electron chi connectivity index (χ3n) is 2.56. The quantitative estimate of drug-likeness (QED) is 0.715. The van der Waals surface area contributed by atoms with Gasteiger partial charge in [0.1, 0.15) is 0 Å². The van der Waals surface area contributed by atoms with Crippen molar-refractivity contribution in [3.63, 3.8) is 0 Å². The maximum Gasteiger partial charge on any atom is 0.255 e. The molecule has 5 heteroatoms. The van der Waals surface area contributed by atoms with Gasteiger partial charge in [0, 0.05) is 6.54 Å². The van der Waals surface area contributed by atoms with Gasteiger partial charge in [0.05, 0.1) is 12.0 Å². The van der Waals surface area contributed by atoms with Gasteiger partial charge in [-0.25, -0.2) is 8.78 Å². The van der Waals surface area contributed by atoms with E-state index >= 15 is 0 Å². The molecular weight excluding hydrogens is 190 g/mol. The molecular formula is C9H16F2N2O. The number of carbonyl (C=O) groups excluding carboxylic acids is 1. The first-order valence-corrected chi connectivity index (χ1v) is 4.82. The summed E-state index contributed by atoms with van der Waals surface area (Å²) in [6.45, 7) is 2.73. The predicted octanol–water partition coefficient (Wildman–Crippen LogP) is 0.757. The molecule has 0 aliphatic carbocycles. The van der Waals surface area contributed by atoms with Crippen molar-refractivity contribution in [2.24, 2.45) is 5.41 Å². The first-order chi connectivity index (χ1) is 6.54. The minimum atomic E-state index is -2.47. The second-order valence-corrected chi connectivity index (χ2v) is 3.94. The van der Waals surface area contributed by atoms with Crippen molar-refractivity contribution in [1.82, 2.24) is 10.6 Å². The molecule has 82 valence electrons. The summed E-state index contributed by atoms with van der Waals surface area (Å²) >= 11 is 0. The Morgan fingerprint density at radius 2 is 2.36 bits per heavy atom. The molecule has 0 spiro atoms. The van der Waals surface area contributed by atoms with Crippen LogP contribution in [0.1, 0.15) is 19.8 Å². The lowest BCUT2D eigenvalue weighted by molar-refractivity contribution is -0.131. The molecule has 0 radical (unpaired) electrons. The van der Waals surface area contributed by atoms with Crippen LogP contribution in [-0.4, -0.2) is 32.0 Å².